The summed E-state index contributed by atoms with van der Waals surface area (Å²) in [6, 6.07) is 10.1. The smallest absolute Gasteiger partial charge is 0.240 e. The van der Waals surface area contributed by atoms with Crippen molar-refractivity contribution in [2.24, 2.45) is 0 Å². The number of aromatic nitrogens is 1. The molecule has 2 aromatic rings. The van der Waals surface area contributed by atoms with Gasteiger partial charge in [-0.05, 0) is 30.0 Å². The Morgan fingerprint density at radius 2 is 2.24 bits per heavy atom. The number of benzene rings is 1. The first kappa shape index (κ1) is 15.1. The third kappa shape index (κ3) is 3.83. The maximum atomic E-state index is 11.8. The Balaban J connectivity index is 2.20. The summed E-state index contributed by atoms with van der Waals surface area (Å²) in [4.78, 5) is 11.8. The van der Waals surface area contributed by atoms with Gasteiger partial charge in [-0.25, -0.2) is 0 Å². The molecular weight excluding hydrogens is 264 g/mol. The van der Waals surface area contributed by atoms with Gasteiger partial charge in [-0.1, -0.05) is 25.1 Å². The van der Waals surface area contributed by atoms with Gasteiger partial charge in [0.1, 0.15) is 13.1 Å². The minimum Gasteiger partial charge on any atom is -0.341 e. The van der Waals surface area contributed by atoms with Crippen molar-refractivity contribution in [1.82, 2.24) is 15.2 Å². The summed E-state index contributed by atoms with van der Waals surface area (Å²) in [7, 11) is 0. The summed E-state index contributed by atoms with van der Waals surface area (Å²) in [5.74, 6) is -0.148. The number of amides is 1. The standard InChI is InChI=1S/C16H20N4O/c1-2-8-18-11-14-5-3-4-13-6-10-20(16(13)14)12-15(21)19-9-7-17/h3-6,10,18H,2,8-9,11-12H2,1H3,(H,19,21). The summed E-state index contributed by atoms with van der Waals surface area (Å²) in [6.45, 7) is 4.17. The first-order valence-corrected chi connectivity index (χ1v) is 7.17. The number of hydrogen-bond acceptors (Lipinski definition) is 3. The van der Waals surface area contributed by atoms with Crippen LogP contribution in [0, 0.1) is 11.3 Å². The molecule has 1 amide bonds. The molecule has 0 fully saturated rings. The molecule has 5 heteroatoms. The van der Waals surface area contributed by atoms with Gasteiger partial charge in [0.25, 0.3) is 0 Å². The van der Waals surface area contributed by atoms with E-state index in [1.165, 1.54) is 5.56 Å². The molecule has 0 spiro atoms. The molecule has 1 heterocycles. The zero-order valence-electron chi connectivity index (χ0n) is 12.2. The van der Waals surface area contributed by atoms with Crippen molar-refractivity contribution >= 4 is 16.8 Å². The molecule has 0 aliphatic heterocycles. The lowest BCUT2D eigenvalue weighted by Crippen LogP contribution is -2.27. The highest BCUT2D eigenvalue weighted by atomic mass is 16.1. The van der Waals surface area contributed by atoms with Gasteiger partial charge >= 0.3 is 0 Å². The molecule has 0 radical (unpaired) electrons. The Hall–Kier alpha value is -2.32. The van der Waals surface area contributed by atoms with E-state index in [0.29, 0.717) is 0 Å². The van der Waals surface area contributed by atoms with E-state index in [4.69, 9.17) is 5.26 Å². The van der Waals surface area contributed by atoms with Crippen molar-refractivity contribution < 1.29 is 4.79 Å². The predicted octanol–water partition coefficient (Wildman–Crippen LogP) is 1.78. The Morgan fingerprint density at radius 3 is 3.00 bits per heavy atom. The highest BCUT2D eigenvalue weighted by molar-refractivity contribution is 5.85. The number of carbonyl (C=O) groups is 1. The average Bonchev–Trinajstić information content (AvgIpc) is 2.89. The number of hydrogen-bond donors (Lipinski definition) is 2. The van der Waals surface area contributed by atoms with Gasteiger partial charge in [-0.3, -0.25) is 4.79 Å². The van der Waals surface area contributed by atoms with Crippen molar-refractivity contribution in [3.8, 4) is 6.07 Å². The first-order chi connectivity index (χ1) is 10.3. The van der Waals surface area contributed by atoms with Crippen molar-refractivity contribution in [3.05, 3.63) is 36.0 Å². The lowest BCUT2D eigenvalue weighted by atomic mass is 10.1. The number of para-hydroxylation sites is 1. The fraction of sp³-hybridized carbons (Fsp3) is 0.375. The van der Waals surface area contributed by atoms with E-state index in [-0.39, 0.29) is 19.0 Å². The largest absolute Gasteiger partial charge is 0.341 e. The molecule has 0 aliphatic rings. The third-order valence-electron chi connectivity index (χ3n) is 3.29. The SMILES string of the molecule is CCCNCc1cccc2ccn(CC(=O)NCC#N)c12. The molecule has 0 saturated carbocycles. The third-order valence-corrected chi connectivity index (χ3v) is 3.29. The summed E-state index contributed by atoms with van der Waals surface area (Å²) in [5, 5.41) is 15.6. The summed E-state index contributed by atoms with van der Waals surface area (Å²) in [5.41, 5.74) is 2.26. The van der Waals surface area contributed by atoms with E-state index in [0.717, 1.165) is 30.4 Å². The van der Waals surface area contributed by atoms with Crippen LogP contribution < -0.4 is 10.6 Å². The highest BCUT2D eigenvalue weighted by Crippen LogP contribution is 2.20. The van der Waals surface area contributed by atoms with Crippen LogP contribution >= 0.6 is 0 Å². The van der Waals surface area contributed by atoms with Crippen LogP contribution in [0.15, 0.2) is 30.5 Å². The molecule has 0 unspecified atom stereocenters. The van der Waals surface area contributed by atoms with Gasteiger partial charge in [-0.15, -0.1) is 0 Å². The van der Waals surface area contributed by atoms with E-state index < -0.39 is 0 Å². The lowest BCUT2D eigenvalue weighted by molar-refractivity contribution is -0.121. The number of nitriles is 1. The molecule has 0 bridgehead atoms. The number of carbonyl (C=O) groups excluding carboxylic acids is 1. The van der Waals surface area contributed by atoms with E-state index >= 15 is 0 Å². The monoisotopic (exact) mass is 284 g/mol. The molecule has 0 saturated heterocycles. The fourth-order valence-corrected chi connectivity index (χ4v) is 2.36. The summed E-state index contributed by atoms with van der Waals surface area (Å²) < 4.78 is 1.94. The van der Waals surface area contributed by atoms with Gasteiger partial charge in [0.2, 0.25) is 5.91 Å². The number of nitrogens with one attached hydrogen (secondary N) is 2. The molecule has 0 aliphatic carbocycles. The second-order valence-corrected chi connectivity index (χ2v) is 4.91. The second kappa shape index (κ2) is 7.46. The number of fused-ring (bicyclic) bond motifs is 1. The molecule has 1 aromatic carbocycles. The zero-order chi connectivity index (χ0) is 15.1. The van der Waals surface area contributed by atoms with Gasteiger partial charge in [0, 0.05) is 12.7 Å². The van der Waals surface area contributed by atoms with Crippen LogP contribution in [0.3, 0.4) is 0 Å². The van der Waals surface area contributed by atoms with E-state index in [1.807, 2.05) is 35.0 Å². The van der Waals surface area contributed by atoms with Crippen LogP contribution in [0.2, 0.25) is 0 Å². The molecular formula is C16H20N4O. The maximum Gasteiger partial charge on any atom is 0.240 e. The van der Waals surface area contributed by atoms with Crippen molar-refractivity contribution in [2.75, 3.05) is 13.1 Å². The van der Waals surface area contributed by atoms with Crippen molar-refractivity contribution in [3.63, 3.8) is 0 Å². The maximum absolute atomic E-state index is 11.8. The number of rotatable bonds is 7. The van der Waals surface area contributed by atoms with Gasteiger partial charge in [0.05, 0.1) is 11.6 Å². The van der Waals surface area contributed by atoms with E-state index in [9.17, 15) is 4.79 Å². The van der Waals surface area contributed by atoms with Crippen LogP contribution in [-0.4, -0.2) is 23.6 Å². The Labute approximate surface area is 124 Å². The normalized spacial score (nSPS) is 10.5. The Kier molecular flexibility index (Phi) is 5.35. The predicted molar refractivity (Wildman–Crippen MR) is 82.6 cm³/mol. The summed E-state index contributed by atoms with van der Waals surface area (Å²) >= 11 is 0. The topological polar surface area (TPSA) is 69.8 Å². The van der Waals surface area contributed by atoms with E-state index in [1.54, 1.807) is 0 Å². The quantitative estimate of drug-likeness (QED) is 0.601. The van der Waals surface area contributed by atoms with Gasteiger partial charge in [-0.2, -0.15) is 5.26 Å². The molecule has 0 atom stereocenters. The zero-order valence-corrected chi connectivity index (χ0v) is 12.2. The van der Waals surface area contributed by atoms with Crippen LogP contribution in [0.25, 0.3) is 10.9 Å². The van der Waals surface area contributed by atoms with Crippen LogP contribution in [0.1, 0.15) is 18.9 Å². The molecule has 1 aromatic heterocycles. The Bertz CT molecular complexity index is 654. The average molecular weight is 284 g/mol. The van der Waals surface area contributed by atoms with Gasteiger partial charge < -0.3 is 15.2 Å². The van der Waals surface area contributed by atoms with Crippen molar-refractivity contribution in [2.45, 2.75) is 26.4 Å². The Morgan fingerprint density at radius 1 is 1.38 bits per heavy atom. The van der Waals surface area contributed by atoms with Crippen molar-refractivity contribution in [1.29, 1.82) is 5.26 Å². The minimum atomic E-state index is -0.148. The first-order valence-electron chi connectivity index (χ1n) is 7.17. The van der Waals surface area contributed by atoms with Crippen LogP contribution in [-0.2, 0) is 17.9 Å². The van der Waals surface area contributed by atoms with Gasteiger partial charge in [0.15, 0.2) is 0 Å². The lowest BCUT2D eigenvalue weighted by Gasteiger charge is -2.10. The second-order valence-electron chi connectivity index (χ2n) is 4.91. The molecule has 2 N–H and O–H groups in total. The molecule has 21 heavy (non-hydrogen) atoms. The molecule has 110 valence electrons. The molecule has 2 rings (SSSR count). The van der Waals surface area contributed by atoms with Crippen LogP contribution in [0.4, 0.5) is 0 Å². The minimum absolute atomic E-state index is 0.0446. The highest BCUT2D eigenvalue weighted by Gasteiger charge is 2.09. The number of nitrogens with zero attached hydrogens (tertiary/aromatic N) is 2. The van der Waals surface area contributed by atoms with E-state index in [2.05, 4.69) is 23.6 Å². The van der Waals surface area contributed by atoms with Crippen LogP contribution in [0.5, 0.6) is 0 Å². The molecule has 5 nitrogen and oxygen atoms in total. The fourth-order valence-electron chi connectivity index (χ4n) is 2.36. The summed E-state index contributed by atoms with van der Waals surface area (Å²) in [6.07, 6.45) is 3.01.